The van der Waals surface area contributed by atoms with Crippen LogP contribution in [0.4, 0.5) is 0 Å². The zero-order valence-corrected chi connectivity index (χ0v) is 15.0. The lowest BCUT2D eigenvalue weighted by Gasteiger charge is -2.34. The molecular weight excluding hydrogens is 270 g/mol. The molecule has 124 valence electrons. The van der Waals surface area contributed by atoms with Gasteiger partial charge in [0, 0.05) is 5.92 Å². The van der Waals surface area contributed by atoms with E-state index in [0.29, 0.717) is 18.4 Å². The van der Waals surface area contributed by atoms with E-state index in [4.69, 9.17) is 10.5 Å². The summed E-state index contributed by atoms with van der Waals surface area (Å²) < 4.78 is 5.65. The van der Waals surface area contributed by atoms with Gasteiger partial charge in [-0.05, 0) is 53.8 Å². The van der Waals surface area contributed by atoms with Crippen LogP contribution in [0.15, 0.2) is 18.2 Å². The van der Waals surface area contributed by atoms with Crippen molar-refractivity contribution >= 4 is 0 Å². The van der Waals surface area contributed by atoms with E-state index in [0.717, 1.165) is 11.7 Å². The van der Waals surface area contributed by atoms with Crippen LogP contribution in [0.5, 0.6) is 5.75 Å². The predicted molar refractivity (Wildman–Crippen MR) is 94.6 cm³/mol. The van der Waals surface area contributed by atoms with Gasteiger partial charge < -0.3 is 10.5 Å². The molecule has 22 heavy (non-hydrogen) atoms. The third-order valence-electron chi connectivity index (χ3n) is 5.38. The second kappa shape index (κ2) is 7.04. The molecule has 0 spiro atoms. The van der Waals surface area contributed by atoms with E-state index in [1.807, 2.05) is 0 Å². The second-order valence-electron chi connectivity index (χ2n) is 8.07. The van der Waals surface area contributed by atoms with Crippen molar-refractivity contribution < 1.29 is 4.74 Å². The zero-order chi connectivity index (χ0) is 16.3. The Hall–Kier alpha value is -1.02. The van der Waals surface area contributed by atoms with Gasteiger partial charge in [0.25, 0.3) is 0 Å². The number of benzene rings is 1. The van der Waals surface area contributed by atoms with Gasteiger partial charge in [-0.3, -0.25) is 0 Å². The van der Waals surface area contributed by atoms with Gasteiger partial charge in [-0.15, -0.1) is 0 Å². The number of ether oxygens (including phenoxy) is 1. The molecule has 2 N–H and O–H groups in total. The standard InChI is InChI=1S/C20H33NO/c1-14-6-8-15(9-7-14)18(13-21)17-12-16(20(2,3)4)10-11-19(17)22-5/h10-12,14-15,18H,6-9,13,21H2,1-5H3. The highest BCUT2D eigenvalue weighted by atomic mass is 16.5. The molecule has 1 aliphatic carbocycles. The molecule has 2 rings (SSSR count). The van der Waals surface area contributed by atoms with Crippen molar-refractivity contribution in [3.05, 3.63) is 29.3 Å². The Labute approximate surface area is 136 Å². The fourth-order valence-corrected chi connectivity index (χ4v) is 3.75. The van der Waals surface area contributed by atoms with Crippen LogP contribution < -0.4 is 10.5 Å². The van der Waals surface area contributed by atoms with Crippen LogP contribution in [0.3, 0.4) is 0 Å². The minimum atomic E-state index is 0.154. The maximum Gasteiger partial charge on any atom is 0.122 e. The van der Waals surface area contributed by atoms with E-state index in [2.05, 4.69) is 45.9 Å². The van der Waals surface area contributed by atoms with Crippen molar-refractivity contribution in [3.8, 4) is 5.75 Å². The van der Waals surface area contributed by atoms with Gasteiger partial charge in [-0.1, -0.05) is 52.7 Å². The first-order chi connectivity index (χ1) is 10.4. The molecule has 0 radical (unpaired) electrons. The molecule has 1 aromatic rings. The average Bonchev–Trinajstić information content (AvgIpc) is 2.49. The highest BCUT2D eigenvalue weighted by Crippen LogP contribution is 2.41. The first-order valence-electron chi connectivity index (χ1n) is 8.75. The Balaban J connectivity index is 2.34. The molecule has 1 unspecified atom stereocenters. The van der Waals surface area contributed by atoms with E-state index in [-0.39, 0.29) is 5.41 Å². The Kier molecular flexibility index (Phi) is 5.55. The van der Waals surface area contributed by atoms with Gasteiger partial charge in [-0.2, -0.15) is 0 Å². The number of nitrogens with two attached hydrogens (primary N) is 1. The maximum absolute atomic E-state index is 6.20. The minimum Gasteiger partial charge on any atom is -0.496 e. The van der Waals surface area contributed by atoms with Gasteiger partial charge in [0.05, 0.1) is 7.11 Å². The normalized spacial score (nSPS) is 24.1. The molecule has 1 aliphatic rings. The van der Waals surface area contributed by atoms with Crippen LogP contribution >= 0.6 is 0 Å². The zero-order valence-electron chi connectivity index (χ0n) is 15.0. The summed E-state index contributed by atoms with van der Waals surface area (Å²) in [5, 5.41) is 0. The summed E-state index contributed by atoms with van der Waals surface area (Å²) in [5.41, 5.74) is 9.03. The van der Waals surface area contributed by atoms with Gasteiger partial charge in [-0.25, -0.2) is 0 Å². The van der Waals surface area contributed by atoms with Gasteiger partial charge in [0.15, 0.2) is 0 Å². The second-order valence-corrected chi connectivity index (χ2v) is 8.07. The van der Waals surface area contributed by atoms with E-state index in [1.165, 1.54) is 36.8 Å². The van der Waals surface area contributed by atoms with Crippen LogP contribution in [0, 0.1) is 11.8 Å². The maximum atomic E-state index is 6.20. The van der Waals surface area contributed by atoms with E-state index in [9.17, 15) is 0 Å². The fourth-order valence-electron chi connectivity index (χ4n) is 3.75. The third kappa shape index (κ3) is 3.84. The van der Waals surface area contributed by atoms with Crippen LogP contribution in [0.1, 0.15) is 70.4 Å². The quantitative estimate of drug-likeness (QED) is 0.862. The summed E-state index contributed by atoms with van der Waals surface area (Å²) >= 11 is 0. The van der Waals surface area contributed by atoms with Crippen molar-refractivity contribution in [1.82, 2.24) is 0 Å². The van der Waals surface area contributed by atoms with Crippen molar-refractivity contribution in [2.24, 2.45) is 17.6 Å². The van der Waals surface area contributed by atoms with Gasteiger partial charge in [0.1, 0.15) is 5.75 Å². The third-order valence-corrected chi connectivity index (χ3v) is 5.38. The predicted octanol–water partition coefficient (Wildman–Crippen LogP) is 4.86. The Bertz CT molecular complexity index is 481. The molecule has 1 fully saturated rings. The van der Waals surface area contributed by atoms with Crippen LogP contribution in [0.2, 0.25) is 0 Å². The van der Waals surface area contributed by atoms with Crippen molar-refractivity contribution in [3.63, 3.8) is 0 Å². The SMILES string of the molecule is COc1ccc(C(C)(C)C)cc1C(CN)C1CCC(C)CC1. The monoisotopic (exact) mass is 303 g/mol. The summed E-state index contributed by atoms with van der Waals surface area (Å²) in [7, 11) is 1.77. The summed E-state index contributed by atoms with van der Waals surface area (Å²) in [5.74, 6) is 3.00. The van der Waals surface area contributed by atoms with E-state index in [1.54, 1.807) is 7.11 Å². The highest BCUT2D eigenvalue weighted by Gasteiger charge is 2.29. The van der Waals surface area contributed by atoms with Crippen LogP contribution in [-0.2, 0) is 5.41 Å². The Morgan fingerprint density at radius 3 is 2.32 bits per heavy atom. The molecule has 2 heteroatoms. The molecular formula is C20H33NO. The minimum absolute atomic E-state index is 0.154. The van der Waals surface area contributed by atoms with E-state index >= 15 is 0 Å². The molecule has 0 saturated heterocycles. The summed E-state index contributed by atoms with van der Waals surface area (Å²) in [4.78, 5) is 0. The van der Waals surface area contributed by atoms with Crippen LogP contribution in [-0.4, -0.2) is 13.7 Å². The Morgan fingerprint density at radius 1 is 1.18 bits per heavy atom. The van der Waals surface area contributed by atoms with Crippen molar-refractivity contribution in [2.45, 2.75) is 64.7 Å². The lowest BCUT2D eigenvalue weighted by Crippen LogP contribution is -2.26. The highest BCUT2D eigenvalue weighted by molar-refractivity contribution is 5.42. The van der Waals surface area contributed by atoms with E-state index < -0.39 is 0 Å². The molecule has 2 nitrogen and oxygen atoms in total. The summed E-state index contributed by atoms with van der Waals surface area (Å²) in [6.07, 6.45) is 5.27. The number of hydrogen-bond donors (Lipinski definition) is 1. The summed E-state index contributed by atoms with van der Waals surface area (Å²) in [6.45, 7) is 9.87. The topological polar surface area (TPSA) is 35.2 Å². The molecule has 1 saturated carbocycles. The number of rotatable bonds is 4. The van der Waals surface area contributed by atoms with Crippen molar-refractivity contribution in [2.75, 3.05) is 13.7 Å². The summed E-state index contributed by atoms with van der Waals surface area (Å²) in [6, 6.07) is 6.66. The van der Waals surface area contributed by atoms with Gasteiger partial charge >= 0.3 is 0 Å². The molecule has 0 amide bonds. The average molecular weight is 303 g/mol. The first kappa shape index (κ1) is 17.3. The molecule has 1 aromatic carbocycles. The lowest BCUT2D eigenvalue weighted by atomic mass is 9.73. The number of hydrogen-bond acceptors (Lipinski definition) is 2. The smallest absolute Gasteiger partial charge is 0.122 e. The number of methoxy groups -OCH3 is 1. The van der Waals surface area contributed by atoms with Crippen LogP contribution in [0.25, 0.3) is 0 Å². The van der Waals surface area contributed by atoms with Crippen molar-refractivity contribution in [1.29, 1.82) is 0 Å². The Morgan fingerprint density at radius 2 is 1.82 bits per heavy atom. The lowest BCUT2D eigenvalue weighted by molar-refractivity contribution is 0.252. The fraction of sp³-hybridized carbons (Fsp3) is 0.700. The molecule has 0 aliphatic heterocycles. The molecule has 1 atom stereocenters. The van der Waals surface area contributed by atoms with Gasteiger partial charge in [0.2, 0.25) is 0 Å². The first-order valence-corrected chi connectivity index (χ1v) is 8.75. The molecule has 0 heterocycles. The molecule has 0 bridgehead atoms. The molecule has 0 aromatic heterocycles. The largest absolute Gasteiger partial charge is 0.496 e.